The van der Waals surface area contributed by atoms with Crippen LogP contribution in [0.25, 0.3) is 0 Å². The smallest absolute Gasteiger partial charge is 0.244 e. The van der Waals surface area contributed by atoms with Crippen molar-refractivity contribution in [3.05, 3.63) is 12.2 Å². The summed E-state index contributed by atoms with van der Waals surface area (Å²) in [6.07, 6.45) is 2.20. The highest BCUT2D eigenvalue weighted by molar-refractivity contribution is 5.92. The molecule has 0 radical (unpaired) electrons. The third-order valence-corrected chi connectivity index (χ3v) is 1.39. The second-order valence-corrected chi connectivity index (χ2v) is 2.16. The second kappa shape index (κ2) is 1.62. The van der Waals surface area contributed by atoms with Crippen LogP contribution in [0.15, 0.2) is 12.2 Å². The zero-order valence-electron chi connectivity index (χ0n) is 4.68. The first-order chi connectivity index (χ1) is 3.72. The molecule has 8 heavy (non-hydrogen) atoms. The van der Waals surface area contributed by atoms with E-state index >= 15 is 0 Å². The topological polar surface area (TPSA) is 43.1 Å². The molecular weight excluding hydrogens is 102 g/mol. The van der Waals surface area contributed by atoms with E-state index < -0.39 is 0 Å². The molecule has 1 saturated carbocycles. The molecule has 2 heteroatoms. The summed E-state index contributed by atoms with van der Waals surface area (Å²) >= 11 is 0. The quantitative estimate of drug-likeness (QED) is 0.516. The standard InChI is InChI=1S/C6H9NO/c1-4(6(7)8)5-2-3-5/h5H,1-3H2,(H2,7,8). The van der Waals surface area contributed by atoms with Crippen LogP contribution in [0.3, 0.4) is 0 Å². The Morgan fingerprint density at radius 3 is 2.25 bits per heavy atom. The Balaban J connectivity index is 2.45. The lowest BCUT2D eigenvalue weighted by molar-refractivity contribution is -0.114. The molecule has 44 valence electrons. The summed E-state index contributed by atoms with van der Waals surface area (Å²) in [5.41, 5.74) is 5.54. The Morgan fingerprint density at radius 1 is 1.62 bits per heavy atom. The average molecular weight is 111 g/mol. The zero-order chi connectivity index (χ0) is 6.15. The number of hydrogen-bond acceptors (Lipinski definition) is 1. The Bertz CT molecular complexity index is 135. The molecule has 0 unspecified atom stereocenters. The average Bonchev–Trinajstić information content (AvgIpc) is 2.43. The van der Waals surface area contributed by atoms with E-state index in [0.29, 0.717) is 11.5 Å². The van der Waals surface area contributed by atoms with Crippen LogP contribution >= 0.6 is 0 Å². The molecular formula is C6H9NO. The van der Waals surface area contributed by atoms with Gasteiger partial charge in [0.2, 0.25) is 5.91 Å². The van der Waals surface area contributed by atoms with Crippen LogP contribution in [0.1, 0.15) is 12.8 Å². The van der Waals surface area contributed by atoms with Crippen LogP contribution in [0, 0.1) is 5.92 Å². The predicted octanol–water partition coefficient (Wildman–Crippen LogP) is 0.438. The van der Waals surface area contributed by atoms with E-state index in [1.807, 2.05) is 0 Å². The first kappa shape index (κ1) is 5.35. The summed E-state index contributed by atoms with van der Waals surface area (Å²) in [6, 6.07) is 0. The lowest BCUT2D eigenvalue weighted by Gasteiger charge is -1.91. The fourth-order valence-corrected chi connectivity index (χ4v) is 0.633. The Kier molecular flexibility index (Phi) is 1.08. The molecule has 0 saturated heterocycles. The highest BCUT2D eigenvalue weighted by Gasteiger charge is 2.27. The maximum Gasteiger partial charge on any atom is 0.244 e. The zero-order valence-corrected chi connectivity index (χ0v) is 4.68. The third-order valence-electron chi connectivity index (χ3n) is 1.39. The molecule has 0 aromatic heterocycles. The Hall–Kier alpha value is -0.790. The van der Waals surface area contributed by atoms with Crippen molar-refractivity contribution in [3.8, 4) is 0 Å². The van der Waals surface area contributed by atoms with Crippen LogP contribution in [0.4, 0.5) is 0 Å². The minimum atomic E-state index is -0.340. The van der Waals surface area contributed by atoms with E-state index in [-0.39, 0.29) is 5.91 Å². The third kappa shape index (κ3) is 0.886. The number of carbonyl (C=O) groups excluding carboxylic acids is 1. The SMILES string of the molecule is C=C(C(N)=O)C1CC1. The maximum atomic E-state index is 10.3. The molecule has 1 aliphatic rings. The molecule has 0 aliphatic heterocycles. The van der Waals surface area contributed by atoms with Gasteiger partial charge in [-0.1, -0.05) is 6.58 Å². The van der Waals surface area contributed by atoms with Crippen molar-refractivity contribution in [2.45, 2.75) is 12.8 Å². The van der Waals surface area contributed by atoms with Gasteiger partial charge >= 0.3 is 0 Å². The van der Waals surface area contributed by atoms with Crippen LogP contribution in [-0.4, -0.2) is 5.91 Å². The molecule has 0 atom stereocenters. The van der Waals surface area contributed by atoms with E-state index in [0.717, 1.165) is 12.8 Å². The Labute approximate surface area is 48.4 Å². The first-order valence-corrected chi connectivity index (χ1v) is 2.70. The van der Waals surface area contributed by atoms with Crippen molar-refractivity contribution < 1.29 is 4.79 Å². The van der Waals surface area contributed by atoms with Gasteiger partial charge in [0.05, 0.1) is 0 Å². The molecule has 0 bridgehead atoms. The van der Waals surface area contributed by atoms with Gasteiger partial charge in [-0.3, -0.25) is 4.79 Å². The van der Waals surface area contributed by atoms with Gasteiger partial charge in [0.15, 0.2) is 0 Å². The van der Waals surface area contributed by atoms with E-state index in [2.05, 4.69) is 6.58 Å². The highest BCUT2D eigenvalue weighted by Crippen LogP contribution is 2.34. The maximum absolute atomic E-state index is 10.3. The molecule has 0 aromatic rings. The summed E-state index contributed by atoms with van der Waals surface area (Å²) in [5.74, 6) is 0.0833. The fraction of sp³-hybridized carbons (Fsp3) is 0.500. The summed E-state index contributed by atoms with van der Waals surface area (Å²) in [5, 5.41) is 0. The second-order valence-electron chi connectivity index (χ2n) is 2.16. The van der Waals surface area contributed by atoms with Gasteiger partial charge in [-0.15, -0.1) is 0 Å². The van der Waals surface area contributed by atoms with Crippen LogP contribution in [-0.2, 0) is 4.79 Å². The van der Waals surface area contributed by atoms with E-state index in [4.69, 9.17) is 5.73 Å². The van der Waals surface area contributed by atoms with Crippen molar-refractivity contribution >= 4 is 5.91 Å². The molecule has 1 rings (SSSR count). The molecule has 1 fully saturated rings. The molecule has 1 aliphatic carbocycles. The molecule has 0 spiro atoms. The lowest BCUT2D eigenvalue weighted by Crippen LogP contribution is -2.13. The van der Waals surface area contributed by atoms with Gasteiger partial charge in [0.25, 0.3) is 0 Å². The van der Waals surface area contributed by atoms with E-state index in [1.54, 1.807) is 0 Å². The monoisotopic (exact) mass is 111 g/mol. The van der Waals surface area contributed by atoms with Gasteiger partial charge in [-0.05, 0) is 18.8 Å². The number of carbonyl (C=O) groups is 1. The van der Waals surface area contributed by atoms with Gasteiger partial charge in [0.1, 0.15) is 0 Å². The molecule has 1 amide bonds. The summed E-state index contributed by atoms with van der Waals surface area (Å²) in [7, 11) is 0. The number of nitrogens with two attached hydrogens (primary N) is 1. The predicted molar refractivity (Wildman–Crippen MR) is 31.1 cm³/mol. The number of hydrogen-bond donors (Lipinski definition) is 1. The van der Waals surface area contributed by atoms with Crippen LogP contribution < -0.4 is 5.73 Å². The molecule has 0 aromatic carbocycles. The lowest BCUT2D eigenvalue weighted by atomic mass is 10.2. The number of amides is 1. The van der Waals surface area contributed by atoms with Crippen molar-refractivity contribution in [1.29, 1.82) is 0 Å². The highest BCUT2D eigenvalue weighted by atomic mass is 16.1. The van der Waals surface area contributed by atoms with Gasteiger partial charge in [0, 0.05) is 5.57 Å². The molecule has 2 N–H and O–H groups in total. The normalized spacial score (nSPS) is 18.0. The Morgan fingerprint density at radius 2 is 2.12 bits per heavy atom. The molecule has 2 nitrogen and oxygen atoms in total. The van der Waals surface area contributed by atoms with Crippen molar-refractivity contribution in [2.24, 2.45) is 11.7 Å². The van der Waals surface area contributed by atoms with Gasteiger partial charge in [-0.2, -0.15) is 0 Å². The van der Waals surface area contributed by atoms with Gasteiger partial charge < -0.3 is 5.73 Å². The minimum Gasteiger partial charge on any atom is -0.366 e. The summed E-state index contributed by atoms with van der Waals surface area (Å²) in [4.78, 5) is 10.3. The van der Waals surface area contributed by atoms with E-state index in [9.17, 15) is 4.79 Å². The van der Waals surface area contributed by atoms with Gasteiger partial charge in [-0.25, -0.2) is 0 Å². The number of primary amides is 1. The van der Waals surface area contributed by atoms with Crippen molar-refractivity contribution in [2.75, 3.05) is 0 Å². The van der Waals surface area contributed by atoms with Crippen LogP contribution in [0.2, 0.25) is 0 Å². The first-order valence-electron chi connectivity index (χ1n) is 2.70. The fourth-order valence-electron chi connectivity index (χ4n) is 0.633. The van der Waals surface area contributed by atoms with Crippen molar-refractivity contribution in [1.82, 2.24) is 0 Å². The number of rotatable bonds is 2. The van der Waals surface area contributed by atoms with Crippen LogP contribution in [0.5, 0.6) is 0 Å². The van der Waals surface area contributed by atoms with E-state index in [1.165, 1.54) is 0 Å². The minimum absolute atomic E-state index is 0.340. The largest absolute Gasteiger partial charge is 0.366 e. The summed E-state index contributed by atoms with van der Waals surface area (Å²) < 4.78 is 0. The van der Waals surface area contributed by atoms with Crippen molar-refractivity contribution in [3.63, 3.8) is 0 Å². The molecule has 0 heterocycles. The summed E-state index contributed by atoms with van der Waals surface area (Å²) in [6.45, 7) is 3.54.